The summed E-state index contributed by atoms with van der Waals surface area (Å²) >= 11 is 3.92. The molecule has 30 heteroatoms. The van der Waals surface area contributed by atoms with Gasteiger partial charge >= 0.3 is 5.97 Å². The van der Waals surface area contributed by atoms with Crippen LogP contribution >= 0.6 is 12.6 Å². The summed E-state index contributed by atoms with van der Waals surface area (Å²) in [6.45, 7) is 12.2. The van der Waals surface area contributed by atoms with Crippen LogP contribution in [0.5, 0.6) is 11.5 Å². The van der Waals surface area contributed by atoms with Gasteiger partial charge < -0.3 is 102 Å². The van der Waals surface area contributed by atoms with Gasteiger partial charge in [0.15, 0.2) is 29.1 Å². The Morgan fingerprint density at radius 3 is 1.57 bits per heavy atom. The van der Waals surface area contributed by atoms with E-state index in [2.05, 4.69) is 28.6 Å². The summed E-state index contributed by atoms with van der Waals surface area (Å²) in [7, 11) is 0. The number of carbonyl (C=O) groups excluding carboxylic acids is 5. The Balaban J connectivity index is 0.593. The van der Waals surface area contributed by atoms with Crippen molar-refractivity contribution in [1.82, 2.24) is 10.6 Å². The second kappa shape index (κ2) is 41.4. The van der Waals surface area contributed by atoms with Gasteiger partial charge in [-0.3, -0.25) is 28.8 Å². The van der Waals surface area contributed by atoms with Crippen molar-refractivity contribution < 1.29 is 124 Å². The van der Waals surface area contributed by atoms with Crippen molar-refractivity contribution in [3.63, 3.8) is 0 Å². The molecule has 6 N–H and O–H groups in total. The molecular formula is C68H97F2N3O24S. The molecule has 1 aliphatic heterocycles. The highest BCUT2D eigenvalue weighted by atomic mass is 32.1. The number of benzene rings is 2. The van der Waals surface area contributed by atoms with Crippen molar-refractivity contribution in [3.8, 4) is 11.5 Å². The number of carboxylic acids is 1. The number of hydrogen-bond acceptors (Lipinski definition) is 24. The number of carbonyl (C=O) groups is 6. The Morgan fingerprint density at radius 2 is 1.09 bits per heavy atom. The summed E-state index contributed by atoms with van der Waals surface area (Å²) in [5.74, 6) is -4.04. The van der Waals surface area contributed by atoms with E-state index < -0.39 is 100 Å². The molecule has 1 heterocycles. The maximum atomic E-state index is 17.8. The molecule has 0 spiro atoms. The second-order valence-corrected chi connectivity index (χ2v) is 25.0. The first kappa shape index (κ1) is 79.8. The van der Waals surface area contributed by atoms with Gasteiger partial charge in [-0.15, -0.1) is 0 Å². The number of carboxylic acid groups (broad SMARTS) is 1. The number of anilines is 1. The first-order valence-electron chi connectivity index (χ1n) is 33.3. The average Bonchev–Trinajstić information content (AvgIpc) is 1.41. The van der Waals surface area contributed by atoms with Gasteiger partial charge in [0.05, 0.1) is 189 Å². The van der Waals surface area contributed by atoms with E-state index in [1.165, 1.54) is 19.1 Å². The third-order valence-corrected chi connectivity index (χ3v) is 18.3. The number of hydrogen-bond donors (Lipinski definition) is 7. The average molecular weight is 1410 g/mol. The number of ketones is 2. The van der Waals surface area contributed by atoms with E-state index in [4.69, 9.17) is 76.2 Å². The van der Waals surface area contributed by atoms with Crippen LogP contribution in [0.1, 0.15) is 64.2 Å². The topological polar surface area (TPSA) is 338 Å². The zero-order valence-electron chi connectivity index (χ0n) is 55.8. The minimum absolute atomic E-state index is 0.00233. The molecule has 2 aromatic rings. The van der Waals surface area contributed by atoms with Gasteiger partial charge in [0, 0.05) is 47.5 Å². The third-order valence-electron chi connectivity index (χ3n) is 17.9. The van der Waals surface area contributed by atoms with Crippen LogP contribution in [0.2, 0.25) is 0 Å². The fourth-order valence-corrected chi connectivity index (χ4v) is 13.3. The Kier molecular flexibility index (Phi) is 33.8. The minimum atomic E-state index is -2.35. The number of nitrogens with one attached hydrogen (secondary N) is 3. The number of aliphatic carboxylic acids is 1. The summed E-state index contributed by atoms with van der Waals surface area (Å²) in [6.07, 6.45) is -2.21. The molecule has 27 nitrogen and oxygen atoms in total. The number of alkyl halides is 2. The SMILES string of the molecule is C[C@]12C=CC(=O)C=C1[C@@H](F)C[C@H]1C3C[C@H]4O[C@@H](c5ccc(Oc6ccc(NC(=O)CCOCCOCCOCCOCCOCCOCCOCCOCCOCCOCCOCCOCCNC(=O)CCNC(=O)C(S)CC(=O)O)cc6)cc5)O[C@@]4(C(=O)CO)[C@@]3(C)C[C@H](O)[C@@]12F. The number of aliphatic hydroxyl groups is 2. The highest BCUT2D eigenvalue weighted by Crippen LogP contribution is 2.72. The molecule has 1 saturated heterocycles. The molecule has 4 aliphatic carbocycles. The minimum Gasteiger partial charge on any atom is -0.481 e. The molecule has 5 aliphatic rings. The molecule has 548 valence electrons. The second-order valence-electron chi connectivity index (χ2n) is 24.3. The van der Waals surface area contributed by atoms with Crippen molar-refractivity contribution in [2.75, 3.05) is 184 Å². The molecule has 11 atom stereocenters. The van der Waals surface area contributed by atoms with E-state index in [0.717, 1.165) is 6.08 Å². The summed E-state index contributed by atoms with van der Waals surface area (Å²) in [5.41, 5.74) is -5.85. The summed E-state index contributed by atoms with van der Waals surface area (Å²) in [6, 6.07) is 13.6. The smallest absolute Gasteiger partial charge is 0.304 e. The Bertz CT molecular complexity index is 2870. The first-order chi connectivity index (χ1) is 47.4. The van der Waals surface area contributed by atoms with Crippen molar-refractivity contribution >= 4 is 53.6 Å². The number of aliphatic hydroxyl groups excluding tert-OH is 2. The van der Waals surface area contributed by atoms with Crippen LogP contribution in [0.3, 0.4) is 0 Å². The van der Waals surface area contributed by atoms with Gasteiger partial charge in [0.1, 0.15) is 24.3 Å². The van der Waals surface area contributed by atoms with Gasteiger partial charge in [-0.1, -0.05) is 25.1 Å². The number of allylic oxidation sites excluding steroid dienone is 4. The molecule has 4 fully saturated rings. The number of thiol groups is 1. The van der Waals surface area contributed by atoms with Crippen LogP contribution in [0.4, 0.5) is 14.5 Å². The van der Waals surface area contributed by atoms with E-state index in [9.17, 15) is 39.0 Å². The lowest BCUT2D eigenvalue weighted by Crippen LogP contribution is -2.70. The molecule has 0 aromatic heterocycles. The van der Waals surface area contributed by atoms with Crippen LogP contribution in [-0.4, -0.2) is 264 Å². The molecule has 2 aromatic carbocycles. The van der Waals surface area contributed by atoms with Gasteiger partial charge in [0.2, 0.25) is 17.7 Å². The van der Waals surface area contributed by atoms with Crippen LogP contribution in [0.25, 0.3) is 0 Å². The number of ether oxygens (including phenoxy) is 15. The zero-order chi connectivity index (χ0) is 70.2. The maximum Gasteiger partial charge on any atom is 0.304 e. The number of halogens is 2. The van der Waals surface area contributed by atoms with E-state index in [1.54, 1.807) is 55.5 Å². The fourth-order valence-electron chi connectivity index (χ4n) is 13.1. The van der Waals surface area contributed by atoms with Crippen LogP contribution in [0, 0.1) is 22.7 Å². The number of rotatable bonds is 51. The van der Waals surface area contributed by atoms with Crippen LogP contribution in [-0.2, 0) is 95.1 Å². The highest BCUT2D eigenvalue weighted by molar-refractivity contribution is 7.81. The zero-order valence-corrected chi connectivity index (χ0v) is 56.7. The molecule has 2 unspecified atom stereocenters. The van der Waals surface area contributed by atoms with Gasteiger partial charge in [-0.2, -0.15) is 12.6 Å². The predicted octanol–water partition coefficient (Wildman–Crippen LogP) is 4.05. The highest BCUT2D eigenvalue weighted by Gasteiger charge is 2.80. The van der Waals surface area contributed by atoms with Gasteiger partial charge in [-0.05, 0) is 86.2 Å². The maximum absolute atomic E-state index is 17.8. The quantitative estimate of drug-likeness (QED) is 0.0363. The molecule has 7 rings (SSSR count). The van der Waals surface area contributed by atoms with E-state index >= 15 is 8.78 Å². The number of amides is 3. The van der Waals surface area contributed by atoms with Crippen molar-refractivity contribution in [3.05, 3.63) is 77.9 Å². The van der Waals surface area contributed by atoms with Crippen molar-refractivity contribution in [2.24, 2.45) is 22.7 Å². The predicted molar refractivity (Wildman–Crippen MR) is 349 cm³/mol. The van der Waals surface area contributed by atoms with Gasteiger partial charge in [0.25, 0.3) is 0 Å². The molecule has 3 saturated carbocycles. The Hall–Kier alpha value is -5.49. The normalized spacial score (nSPS) is 25.6. The molecule has 3 amide bonds. The lowest BCUT2D eigenvalue weighted by molar-refractivity contribution is -0.235. The number of Topliss-reactive ketones (excluding diaryl/α,β-unsaturated/α-hetero) is 1. The summed E-state index contributed by atoms with van der Waals surface area (Å²) < 4.78 is 119. The summed E-state index contributed by atoms with van der Waals surface area (Å²) in [5, 5.41) is 37.8. The van der Waals surface area contributed by atoms with E-state index in [-0.39, 0.29) is 62.6 Å². The third kappa shape index (κ3) is 22.8. The van der Waals surface area contributed by atoms with Gasteiger partial charge in [-0.25, -0.2) is 8.78 Å². The van der Waals surface area contributed by atoms with E-state index in [0.29, 0.717) is 181 Å². The standard InChI is InChI=1S/C68H97F2N3O24S/c1-65-14-11-49(75)41-54(65)55(69)42-53-52-43-59-68(58(77)46-74,66(52,2)45-57(76)67(53,65)70)97-64(96-59)47-3-7-50(8-4-47)95-51-9-5-48(6-10-51)73-61(79)13-17-83-19-21-85-23-25-87-27-29-89-31-33-91-35-37-93-39-40-94-38-36-92-34-32-90-30-28-88-26-24-86-22-20-84-18-16-71-60(78)12-15-72-63(82)56(98)44-62(80)81/h3-11,14,41,52-53,55-57,59,64,74,76,98H,12-13,15-40,42-46H2,1-2H3,(H,71,78)(H,72,82)(H,73,79)(H,80,81)/t52?,53-,55-,56?,57-,59+,64+,65-,66-,67-,68+/m0/s1. The molecule has 0 bridgehead atoms. The number of fused-ring (bicyclic) bond motifs is 7. The van der Waals surface area contributed by atoms with E-state index in [1.807, 2.05) is 0 Å². The lowest BCUT2D eigenvalue weighted by atomic mass is 9.44. The fraction of sp³-hybridized carbons (Fsp3) is 0.676. The largest absolute Gasteiger partial charge is 0.481 e. The molecular weight excluding hydrogens is 1310 g/mol. The van der Waals surface area contributed by atoms with Crippen LogP contribution < -0.4 is 20.7 Å². The first-order valence-corrected chi connectivity index (χ1v) is 33.9. The molecule has 0 radical (unpaired) electrons. The molecule has 98 heavy (non-hydrogen) atoms. The Morgan fingerprint density at radius 1 is 0.622 bits per heavy atom. The Labute approximate surface area is 575 Å². The lowest BCUT2D eigenvalue weighted by Gasteiger charge is -2.63. The van der Waals surface area contributed by atoms with Crippen molar-refractivity contribution in [2.45, 2.75) is 93.6 Å². The monoisotopic (exact) mass is 1410 g/mol. The summed E-state index contributed by atoms with van der Waals surface area (Å²) in [4.78, 5) is 73.0. The van der Waals surface area contributed by atoms with Crippen molar-refractivity contribution in [1.29, 1.82) is 0 Å². The van der Waals surface area contributed by atoms with Crippen LogP contribution in [0.15, 0.2) is 72.3 Å².